The van der Waals surface area contributed by atoms with Gasteiger partial charge in [-0.3, -0.25) is 19.3 Å². The summed E-state index contributed by atoms with van der Waals surface area (Å²) in [5.41, 5.74) is 0.371. The number of nitrogens with zero attached hydrogens (tertiary/aromatic N) is 2. The fourth-order valence-corrected chi connectivity index (χ4v) is 4.23. The number of para-hydroxylation sites is 1. The van der Waals surface area contributed by atoms with E-state index in [1.807, 2.05) is 24.3 Å². The Kier molecular flexibility index (Phi) is 5.03. The van der Waals surface area contributed by atoms with E-state index in [1.54, 1.807) is 37.5 Å². The van der Waals surface area contributed by atoms with Gasteiger partial charge in [-0.2, -0.15) is 0 Å². The highest BCUT2D eigenvalue weighted by Crippen LogP contribution is 2.44. The van der Waals surface area contributed by atoms with Crippen LogP contribution in [0.3, 0.4) is 0 Å². The Balaban J connectivity index is 1.70. The molecule has 0 radical (unpaired) electrons. The van der Waals surface area contributed by atoms with Crippen LogP contribution in [0.25, 0.3) is 0 Å². The lowest BCUT2D eigenvalue weighted by Gasteiger charge is -2.48. The maximum absolute atomic E-state index is 13.5. The molecule has 0 spiro atoms. The molecule has 154 valence electrons. The van der Waals surface area contributed by atoms with E-state index < -0.39 is 5.66 Å². The van der Waals surface area contributed by atoms with Crippen LogP contribution in [-0.4, -0.2) is 41.9 Å². The molecular formula is C23H23N3O4. The first-order valence-corrected chi connectivity index (χ1v) is 9.79. The van der Waals surface area contributed by atoms with Gasteiger partial charge >= 0.3 is 0 Å². The van der Waals surface area contributed by atoms with Crippen molar-refractivity contribution in [3.8, 4) is 5.75 Å². The molecule has 4 rings (SSSR count). The first kappa shape index (κ1) is 19.7. The number of ether oxygens (including phenoxy) is 1. The predicted molar refractivity (Wildman–Crippen MR) is 112 cm³/mol. The number of carbonyl (C=O) groups excluding carboxylic acids is 3. The number of benzene rings is 2. The molecule has 2 aromatic carbocycles. The second-order valence-corrected chi connectivity index (χ2v) is 7.30. The van der Waals surface area contributed by atoms with Crippen molar-refractivity contribution in [3.63, 3.8) is 0 Å². The minimum atomic E-state index is -1.40. The minimum Gasteiger partial charge on any atom is -0.497 e. The number of hydrogen-bond donors (Lipinski definition) is 1. The molecule has 1 saturated heterocycles. The van der Waals surface area contributed by atoms with Crippen LogP contribution < -0.4 is 15.0 Å². The van der Waals surface area contributed by atoms with Crippen molar-refractivity contribution in [1.82, 2.24) is 10.2 Å². The van der Waals surface area contributed by atoms with Crippen LogP contribution in [0.1, 0.15) is 28.8 Å². The van der Waals surface area contributed by atoms with Gasteiger partial charge in [-0.05, 0) is 29.8 Å². The summed E-state index contributed by atoms with van der Waals surface area (Å²) in [6.07, 6.45) is 1.99. The summed E-state index contributed by atoms with van der Waals surface area (Å²) in [5, 5.41) is 2.93. The molecule has 0 aromatic heterocycles. The molecule has 1 fully saturated rings. The van der Waals surface area contributed by atoms with Gasteiger partial charge in [0.2, 0.25) is 11.6 Å². The van der Waals surface area contributed by atoms with E-state index in [1.165, 1.54) is 9.80 Å². The highest BCUT2D eigenvalue weighted by Gasteiger charge is 2.60. The number of nitrogens with one attached hydrogen (secondary N) is 1. The van der Waals surface area contributed by atoms with Crippen LogP contribution in [0.5, 0.6) is 5.75 Å². The maximum Gasteiger partial charge on any atom is 0.267 e. The van der Waals surface area contributed by atoms with E-state index >= 15 is 0 Å². The molecule has 2 aliphatic heterocycles. The van der Waals surface area contributed by atoms with Crippen molar-refractivity contribution < 1.29 is 19.1 Å². The van der Waals surface area contributed by atoms with Crippen LogP contribution in [0.4, 0.5) is 5.69 Å². The predicted octanol–water partition coefficient (Wildman–Crippen LogP) is 2.48. The highest BCUT2D eigenvalue weighted by molar-refractivity contribution is 6.16. The standard InChI is InChI=1S/C23H23N3O4/c1-3-14-25-21(28)18-6-4-5-7-19(18)26-20(27)12-13-23(25,26)22(29)24-15-16-8-10-17(30-2)11-9-16/h3-11H,1,12-15H2,2H3,(H,24,29). The molecule has 0 bridgehead atoms. The highest BCUT2D eigenvalue weighted by atomic mass is 16.5. The quantitative estimate of drug-likeness (QED) is 0.749. The summed E-state index contributed by atoms with van der Waals surface area (Å²) in [5.74, 6) is -0.114. The molecule has 1 atom stereocenters. The number of fused-ring (bicyclic) bond motifs is 3. The molecule has 7 heteroatoms. The number of methoxy groups -OCH3 is 1. The number of anilines is 1. The maximum atomic E-state index is 13.5. The van der Waals surface area contributed by atoms with Crippen LogP contribution in [0, 0.1) is 0 Å². The molecule has 0 aliphatic carbocycles. The molecule has 0 saturated carbocycles. The second-order valence-electron chi connectivity index (χ2n) is 7.30. The van der Waals surface area contributed by atoms with Gasteiger partial charge in [0.15, 0.2) is 0 Å². The summed E-state index contributed by atoms with van der Waals surface area (Å²) in [6.45, 7) is 4.17. The number of rotatable bonds is 6. The van der Waals surface area contributed by atoms with Crippen molar-refractivity contribution >= 4 is 23.4 Å². The van der Waals surface area contributed by atoms with Crippen molar-refractivity contribution in [2.24, 2.45) is 0 Å². The van der Waals surface area contributed by atoms with Gasteiger partial charge in [-0.1, -0.05) is 30.3 Å². The summed E-state index contributed by atoms with van der Waals surface area (Å²) in [4.78, 5) is 42.6. The molecule has 2 aliphatic rings. The smallest absolute Gasteiger partial charge is 0.267 e. The average molecular weight is 405 g/mol. The summed E-state index contributed by atoms with van der Waals surface area (Å²) in [7, 11) is 1.59. The van der Waals surface area contributed by atoms with E-state index in [2.05, 4.69) is 11.9 Å². The zero-order valence-corrected chi connectivity index (χ0v) is 16.8. The molecule has 1 unspecified atom stereocenters. The lowest BCUT2D eigenvalue weighted by Crippen LogP contribution is -2.70. The summed E-state index contributed by atoms with van der Waals surface area (Å²) >= 11 is 0. The monoisotopic (exact) mass is 405 g/mol. The van der Waals surface area contributed by atoms with Crippen LogP contribution >= 0.6 is 0 Å². The summed E-state index contributed by atoms with van der Waals surface area (Å²) in [6, 6.07) is 14.3. The molecular weight excluding hydrogens is 382 g/mol. The SMILES string of the molecule is C=CCN1C(=O)c2ccccc2N2C(=O)CCC12C(=O)NCc1ccc(OC)cc1. The number of amides is 3. The van der Waals surface area contributed by atoms with Crippen LogP contribution in [0.15, 0.2) is 61.2 Å². The molecule has 2 aromatic rings. The topological polar surface area (TPSA) is 79.0 Å². The Morgan fingerprint density at radius 3 is 2.63 bits per heavy atom. The van der Waals surface area contributed by atoms with Crippen LogP contribution in [-0.2, 0) is 16.1 Å². The first-order chi connectivity index (χ1) is 14.5. The Labute approximate surface area is 174 Å². The largest absolute Gasteiger partial charge is 0.497 e. The minimum absolute atomic E-state index is 0.160. The third-order valence-electron chi connectivity index (χ3n) is 5.66. The second kappa shape index (κ2) is 7.67. The van der Waals surface area contributed by atoms with E-state index in [4.69, 9.17) is 4.74 Å². The number of carbonyl (C=O) groups is 3. The molecule has 30 heavy (non-hydrogen) atoms. The zero-order chi connectivity index (χ0) is 21.3. The average Bonchev–Trinajstić information content (AvgIpc) is 3.13. The van der Waals surface area contributed by atoms with Gasteiger partial charge in [0, 0.05) is 25.9 Å². The molecule has 2 heterocycles. The van der Waals surface area contributed by atoms with E-state index in [0.29, 0.717) is 11.3 Å². The Hall–Kier alpha value is -3.61. The fraction of sp³-hybridized carbons (Fsp3) is 0.261. The van der Waals surface area contributed by atoms with Crippen molar-refractivity contribution in [2.75, 3.05) is 18.6 Å². The third-order valence-corrected chi connectivity index (χ3v) is 5.66. The zero-order valence-electron chi connectivity index (χ0n) is 16.8. The molecule has 1 N–H and O–H groups in total. The Morgan fingerprint density at radius 2 is 1.93 bits per heavy atom. The molecule has 3 amide bonds. The van der Waals surface area contributed by atoms with E-state index in [9.17, 15) is 14.4 Å². The van der Waals surface area contributed by atoms with Gasteiger partial charge in [0.1, 0.15) is 5.75 Å². The third kappa shape index (κ3) is 2.94. The molecule has 7 nitrogen and oxygen atoms in total. The Bertz CT molecular complexity index is 1020. The van der Waals surface area contributed by atoms with E-state index in [-0.39, 0.29) is 43.7 Å². The van der Waals surface area contributed by atoms with Gasteiger partial charge in [0.05, 0.1) is 18.4 Å². The van der Waals surface area contributed by atoms with Crippen molar-refractivity contribution in [1.29, 1.82) is 0 Å². The lowest BCUT2D eigenvalue weighted by molar-refractivity contribution is -0.133. The van der Waals surface area contributed by atoms with Crippen LogP contribution in [0.2, 0.25) is 0 Å². The van der Waals surface area contributed by atoms with Gasteiger partial charge < -0.3 is 15.0 Å². The first-order valence-electron chi connectivity index (χ1n) is 9.79. The summed E-state index contributed by atoms with van der Waals surface area (Å²) < 4.78 is 5.16. The lowest BCUT2D eigenvalue weighted by atomic mass is 9.95. The van der Waals surface area contributed by atoms with Gasteiger partial charge in [-0.15, -0.1) is 6.58 Å². The fourth-order valence-electron chi connectivity index (χ4n) is 4.23. The van der Waals surface area contributed by atoms with Gasteiger partial charge in [0.25, 0.3) is 11.8 Å². The van der Waals surface area contributed by atoms with Crippen molar-refractivity contribution in [3.05, 3.63) is 72.3 Å². The van der Waals surface area contributed by atoms with E-state index in [0.717, 1.165) is 11.3 Å². The normalized spacial score (nSPS) is 19.9. The van der Waals surface area contributed by atoms with Crippen molar-refractivity contribution in [2.45, 2.75) is 25.0 Å². The Morgan fingerprint density at radius 1 is 1.20 bits per heavy atom. The van der Waals surface area contributed by atoms with Gasteiger partial charge in [-0.25, -0.2) is 0 Å². The number of hydrogen-bond acceptors (Lipinski definition) is 4.